The number of rotatable bonds is 3. The minimum absolute atomic E-state index is 0.531. The van der Waals surface area contributed by atoms with Gasteiger partial charge in [-0.15, -0.1) is 0 Å². The normalized spacial score (nSPS) is 11.1. The molecular formula is C11H15N3O. The van der Waals surface area contributed by atoms with Gasteiger partial charge in [-0.2, -0.15) is 0 Å². The van der Waals surface area contributed by atoms with Crippen LogP contribution in [0.5, 0.6) is 0 Å². The molecule has 0 radical (unpaired) electrons. The molecule has 0 atom stereocenters. The summed E-state index contributed by atoms with van der Waals surface area (Å²) in [4.78, 5) is 4.49. The zero-order valence-electron chi connectivity index (χ0n) is 9.03. The van der Waals surface area contributed by atoms with Gasteiger partial charge in [-0.3, -0.25) is 0 Å². The first-order valence-electron chi connectivity index (χ1n) is 4.89. The molecule has 15 heavy (non-hydrogen) atoms. The minimum atomic E-state index is 0.531. The fraction of sp³-hybridized carbons (Fsp3) is 0.364. The number of benzene rings is 1. The summed E-state index contributed by atoms with van der Waals surface area (Å²) in [7, 11) is 3.66. The lowest BCUT2D eigenvalue weighted by Crippen LogP contribution is -1.98. The number of nitrogens with zero attached hydrogens (tertiary/aromatic N) is 2. The maximum absolute atomic E-state index is 5.59. The molecule has 1 aromatic carbocycles. The van der Waals surface area contributed by atoms with Crippen LogP contribution in [0.3, 0.4) is 0 Å². The van der Waals surface area contributed by atoms with Crippen molar-refractivity contribution >= 4 is 11.0 Å². The SMILES string of the molecule is COCc1nc2cc(CN)ccc2n1C. The number of methoxy groups -OCH3 is 1. The fourth-order valence-corrected chi connectivity index (χ4v) is 1.68. The van der Waals surface area contributed by atoms with Crippen LogP contribution < -0.4 is 5.73 Å². The number of fused-ring (bicyclic) bond motifs is 1. The van der Waals surface area contributed by atoms with Gasteiger partial charge in [0.05, 0.1) is 11.0 Å². The van der Waals surface area contributed by atoms with Crippen LogP contribution in [0.25, 0.3) is 11.0 Å². The van der Waals surface area contributed by atoms with Crippen molar-refractivity contribution in [1.29, 1.82) is 0 Å². The summed E-state index contributed by atoms with van der Waals surface area (Å²) in [6, 6.07) is 6.10. The van der Waals surface area contributed by atoms with E-state index in [2.05, 4.69) is 4.98 Å². The predicted molar refractivity (Wildman–Crippen MR) is 59.3 cm³/mol. The molecule has 4 nitrogen and oxygen atoms in total. The van der Waals surface area contributed by atoms with Gasteiger partial charge in [0.2, 0.25) is 0 Å². The van der Waals surface area contributed by atoms with Crippen molar-refractivity contribution in [3.05, 3.63) is 29.6 Å². The van der Waals surface area contributed by atoms with Crippen molar-refractivity contribution in [2.24, 2.45) is 12.8 Å². The third-order valence-electron chi connectivity index (χ3n) is 2.55. The van der Waals surface area contributed by atoms with E-state index < -0.39 is 0 Å². The van der Waals surface area contributed by atoms with Crippen molar-refractivity contribution < 1.29 is 4.74 Å². The van der Waals surface area contributed by atoms with Crippen LogP contribution in [0.15, 0.2) is 18.2 Å². The molecule has 0 fully saturated rings. The molecule has 4 heteroatoms. The van der Waals surface area contributed by atoms with Gasteiger partial charge < -0.3 is 15.0 Å². The smallest absolute Gasteiger partial charge is 0.135 e. The van der Waals surface area contributed by atoms with Crippen LogP contribution in [0, 0.1) is 0 Å². The standard InChI is InChI=1S/C11H15N3O/c1-14-10-4-3-8(6-12)5-9(10)13-11(14)7-15-2/h3-5H,6-7,12H2,1-2H3. The highest BCUT2D eigenvalue weighted by atomic mass is 16.5. The molecule has 0 bridgehead atoms. The Morgan fingerprint density at radius 3 is 2.93 bits per heavy atom. The molecule has 0 aliphatic rings. The summed E-state index contributed by atoms with van der Waals surface area (Å²) in [5.41, 5.74) is 8.78. The second-order valence-corrected chi connectivity index (χ2v) is 3.55. The summed E-state index contributed by atoms with van der Waals surface area (Å²) in [5.74, 6) is 0.932. The quantitative estimate of drug-likeness (QED) is 0.818. The highest BCUT2D eigenvalue weighted by Gasteiger charge is 2.07. The van der Waals surface area contributed by atoms with E-state index in [4.69, 9.17) is 10.5 Å². The van der Waals surface area contributed by atoms with E-state index in [0.29, 0.717) is 13.2 Å². The summed E-state index contributed by atoms with van der Waals surface area (Å²) in [6.45, 7) is 1.08. The molecule has 0 spiro atoms. The highest BCUT2D eigenvalue weighted by molar-refractivity contribution is 5.76. The largest absolute Gasteiger partial charge is 0.377 e. The Bertz CT molecular complexity index is 476. The van der Waals surface area contributed by atoms with E-state index in [1.807, 2.05) is 29.8 Å². The summed E-state index contributed by atoms with van der Waals surface area (Å²) in [5, 5.41) is 0. The fourth-order valence-electron chi connectivity index (χ4n) is 1.68. The summed E-state index contributed by atoms with van der Waals surface area (Å²) < 4.78 is 7.13. The Kier molecular flexibility index (Phi) is 2.70. The Morgan fingerprint density at radius 2 is 2.27 bits per heavy atom. The van der Waals surface area contributed by atoms with Crippen LogP contribution in [0.1, 0.15) is 11.4 Å². The number of hydrogen-bond acceptors (Lipinski definition) is 3. The Balaban J connectivity index is 2.55. The average Bonchev–Trinajstić information content (AvgIpc) is 2.56. The monoisotopic (exact) mass is 205 g/mol. The van der Waals surface area contributed by atoms with Gasteiger partial charge in [0.15, 0.2) is 0 Å². The Morgan fingerprint density at radius 1 is 1.47 bits per heavy atom. The molecular weight excluding hydrogens is 190 g/mol. The first-order valence-corrected chi connectivity index (χ1v) is 4.89. The highest BCUT2D eigenvalue weighted by Crippen LogP contribution is 2.16. The first-order chi connectivity index (χ1) is 7.26. The van der Waals surface area contributed by atoms with Crippen molar-refractivity contribution in [3.8, 4) is 0 Å². The lowest BCUT2D eigenvalue weighted by Gasteiger charge is -2.00. The molecule has 1 aromatic heterocycles. The van der Waals surface area contributed by atoms with Crippen LogP contribution in [0.2, 0.25) is 0 Å². The van der Waals surface area contributed by atoms with Gasteiger partial charge in [-0.05, 0) is 17.7 Å². The molecule has 80 valence electrons. The number of ether oxygens (including phenoxy) is 1. The van der Waals surface area contributed by atoms with E-state index in [9.17, 15) is 0 Å². The topological polar surface area (TPSA) is 53.1 Å². The molecule has 0 aliphatic heterocycles. The van der Waals surface area contributed by atoms with Crippen molar-refractivity contribution in [3.63, 3.8) is 0 Å². The number of nitrogens with two attached hydrogens (primary N) is 1. The predicted octanol–water partition coefficient (Wildman–Crippen LogP) is 1.18. The molecule has 0 aliphatic carbocycles. The van der Waals surface area contributed by atoms with Gasteiger partial charge in [0, 0.05) is 20.7 Å². The molecule has 0 amide bonds. The van der Waals surface area contributed by atoms with Crippen LogP contribution >= 0.6 is 0 Å². The average molecular weight is 205 g/mol. The molecule has 2 rings (SSSR count). The second-order valence-electron chi connectivity index (χ2n) is 3.55. The van der Waals surface area contributed by atoms with Crippen LogP contribution in [-0.4, -0.2) is 16.7 Å². The lowest BCUT2D eigenvalue weighted by molar-refractivity contribution is 0.176. The van der Waals surface area contributed by atoms with Crippen LogP contribution in [-0.2, 0) is 24.9 Å². The molecule has 0 saturated heterocycles. The third kappa shape index (κ3) is 1.73. The molecule has 0 unspecified atom stereocenters. The molecule has 2 N–H and O–H groups in total. The molecule has 2 aromatic rings. The van der Waals surface area contributed by atoms with E-state index in [1.54, 1.807) is 7.11 Å². The maximum Gasteiger partial charge on any atom is 0.135 e. The first kappa shape index (κ1) is 10.1. The van der Waals surface area contributed by atoms with Crippen LogP contribution in [0.4, 0.5) is 0 Å². The van der Waals surface area contributed by atoms with Gasteiger partial charge in [0.1, 0.15) is 12.4 Å². The molecule has 1 heterocycles. The van der Waals surface area contributed by atoms with Crippen molar-refractivity contribution in [2.75, 3.05) is 7.11 Å². The zero-order chi connectivity index (χ0) is 10.8. The number of aryl methyl sites for hydroxylation is 1. The van der Waals surface area contributed by atoms with Gasteiger partial charge in [0.25, 0.3) is 0 Å². The molecule has 0 saturated carbocycles. The van der Waals surface area contributed by atoms with E-state index >= 15 is 0 Å². The third-order valence-corrected chi connectivity index (χ3v) is 2.55. The van der Waals surface area contributed by atoms with Gasteiger partial charge >= 0.3 is 0 Å². The maximum atomic E-state index is 5.59. The Labute approximate surface area is 88.7 Å². The lowest BCUT2D eigenvalue weighted by atomic mass is 10.2. The number of aromatic nitrogens is 2. The Hall–Kier alpha value is -1.39. The van der Waals surface area contributed by atoms with Gasteiger partial charge in [-0.1, -0.05) is 6.07 Å². The van der Waals surface area contributed by atoms with Gasteiger partial charge in [-0.25, -0.2) is 4.98 Å². The zero-order valence-corrected chi connectivity index (χ0v) is 9.03. The minimum Gasteiger partial charge on any atom is -0.377 e. The summed E-state index contributed by atoms with van der Waals surface area (Å²) in [6.07, 6.45) is 0. The summed E-state index contributed by atoms with van der Waals surface area (Å²) >= 11 is 0. The number of imidazole rings is 1. The van der Waals surface area contributed by atoms with E-state index in [1.165, 1.54) is 0 Å². The number of hydrogen-bond donors (Lipinski definition) is 1. The van der Waals surface area contributed by atoms with Crippen molar-refractivity contribution in [1.82, 2.24) is 9.55 Å². The van der Waals surface area contributed by atoms with E-state index in [-0.39, 0.29) is 0 Å². The van der Waals surface area contributed by atoms with E-state index in [0.717, 1.165) is 22.4 Å². The van der Waals surface area contributed by atoms with Crippen molar-refractivity contribution in [2.45, 2.75) is 13.2 Å². The second kappa shape index (κ2) is 4.00.